The summed E-state index contributed by atoms with van der Waals surface area (Å²) in [5.41, 5.74) is 0.778. The van der Waals surface area contributed by atoms with Gasteiger partial charge in [0.25, 0.3) is 0 Å². The molecule has 1 atom stereocenters. The number of nitrogens with one attached hydrogen (secondary N) is 1. The van der Waals surface area contributed by atoms with Crippen molar-refractivity contribution in [2.45, 2.75) is 25.8 Å². The maximum absolute atomic E-state index is 12.4. The summed E-state index contributed by atoms with van der Waals surface area (Å²) in [6, 6.07) is 6.43. The number of nitrogens with zero attached hydrogens (tertiary/aromatic N) is 3. The normalized spacial score (nSPS) is 16.5. The lowest BCUT2D eigenvalue weighted by molar-refractivity contribution is -0.141. The van der Waals surface area contributed by atoms with Crippen LogP contribution in [0.5, 0.6) is 0 Å². The van der Waals surface area contributed by atoms with E-state index < -0.39 is 5.97 Å². The van der Waals surface area contributed by atoms with Crippen molar-refractivity contribution in [2.75, 3.05) is 19.7 Å². The number of benzene rings is 1. The molecule has 1 fully saturated rings. The van der Waals surface area contributed by atoms with E-state index in [1.54, 1.807) is 36.1 Å². The van der Waals surface area contributed by atoms with Crippen LogP contribution in [0.1, 0.15) is 31.7 Å². The van der Waals surface area contributed by atoms with Crippen LogP contribution in [0.4, 0.5) is 4.79 Å². The molecular formula is C17H19ClN4O4. The van der Waals surface area contributed by atoms with Crippen molar-refractivity contribution in [1.82, 2.24) is 20.4 Å². The first-order valence-corrected chi connectivity index (χ1v) is 8.76. The second-order valence-electron chi connectivity index (χ2n) is 5.78. The lowest BCUT2D eigenvalue weighted by Gasteiger charge is -2.21. The number of ether oxygens (including phenoxy) is 1. The SMILES string of the molecule is CCOC(=O)CNC(=O)N1CCC[C@H]1c1nc(-c2ccc(Cl)cc2)no1. The van der Waals surface area contributed by atoms with E-state index >= 15 is 0 Å². The van der Waals surface area contributed by atoms with Crippen molar-refractivity contribution in [2.24, 2.45) is 0 Å². The fourth-order valence-corrected chi connectivity index (χ4v) is 2.94. The standard InChI is InChI=1S/C17H19ClN4O4/c1-2-25-14(23)10-19-17(24)22-9-3-4-13(22)16-20-15(21-26-16)11-5-7-12(18)8-6-11/h5-8,13H,2-4,9-10H2,1H3,(H,19,24)/t13-/m0/s1. The molecule has 0 bridgehead atoms. The third kappa shape index (κ3) is 4.13. The first kappa shape index (κ1) is 18.2. The van der Waals surface area contributed by atoms with Gasteiger partial charge in [0.15, 0.2) is 0 Å². The molecule has 1 aliphatic rings. The molecule has 0 radical (unpaired) electrons. The number of rotatable bonds is 5. The van der Waals surface area contributed by atoms with Crippen molar-refractivity contribution in [3.63, 3.8) is 0 Å². The van der Waals surface area contributed by atoms with Crippen LogP contribution in [0, 0.1) is 0 Å². The largest absolute Gasteiger partial charge is 0.465 e. The molecular weight excluding hydrogens is 360 g/mol. The van der Waals surface area contributed by atoms with E-state index in [4.69, 9.17) is 20.9 Å². The van der Waals surface area contributed by atoms with Crippen molar-refractivity contribution >= 4 is 23.6 Å². The third-order valence-corrected chi connectivity index (χ3v) is 4.28. The Morgan fingerprint density at radius 3 is 2.88 bits per heavy atom. The zero-order valence-electron chi connectivity index (χ0n) is 14.3. The molecule has 1 N–H and O–H groups in total. The van der Waals surface area contributed by atoms with Crippen LogP contribution in [0.2, 0.25) is 5.02 Å². The number of carbonyl (C=O) groups excluding carboxylic acids is 2. The Balaban J connectivity index is 1.67. The molecule has 26 heavy (non-hydrogen) atoms. The Bertz CT molecular complexity index is 777. The lowest BCUT2D eigenvalue weighted by Crippen LogP contribution is -2.42. The highest BCUT2D eigenvalue weighted by molar-refractivity contribution is 6.30. The zero-order valence-corrected chi connectivity index (χ0v) is 15.0. The molecule has 1 aromatic heterocycles. The van der Waals surface area contributed by atoms with Gasteiger partial charge in [-0.15, -0.1) is 0 Å². The van der Waals surface area contributed by atoms with Crippen LogP contribution in [-0.2, 0) is 9.53 Å². The lowest BCUT2D eigenvalue weighted by atomic mass is 10.2. The quantitative estimate of drug-likeness (QED) is 0.803. The molecule has 0 spiro atoms. The van der Waals surface area contributed by atoms with Gasteiger partial charge in [0, 0.05) is 17.1 Å². The fraction of sp³-hybridized carbons (Fsp3) is 0.412. The van der Waals surface area contributed by atoms with Gasteiger partial charge in [-0.05, 0) is 44.0 Å². The second kappa shape index (κ2) is 8.18. The van der Waals surface area contributed by atoms with Gasteiger partial charge in [0.05, 0.1) is 6.61 Å². The molecule has 138 valence electrons. The molecule has 1 aliphatic heterocycles. The summed E-state index contributed by atoms with van der Waals surface area (Å²) in [5, 5.41) is 7.18. The van der Waals surface area contributed by atoms with E-state index in [1.165, 1.54) is 0 Å². The maximum atomic E-state index is 12.4. The van der Waals surface area contributed by atoms with Gasteiger partial charge in [-0.3, -0.25) is 4.79 Å². The Labute approximate surface area is 155 Å². The minimum absolute atomic E-state index is 0.171. The Kier molecular flexibility index (Phi) is 5.72. The van der Waals surface area contributed by atoms with E-state index in [0.717, 1.165) is 18.4 Å². The second-order valence-corrected chi connectivity index (χ2v) is 6.21. The van der Waals surface area contributed by atoms with Crippen LogP contribution in [-0.4, -0.2) is 46.7 Å². The van der Waals surface area contributed by atoms with Gasteiger partial charge in [0.2, 0.25) is 11.7 Å². The molecule has 0 unspecified atom stereocenters. The average molecular weight is 379 g/mol. The summed E-state index contributed by atoms with van der Waals surface area (Å²) in [5.74, 6) is 0.341. The number of hydrogen-bond acceptors (Lipinski definition) is 6. The maximum Gasteiger partial charge on any atom is 0.325 e. The molecule has 0 aliphatic carbocycles. The van der Waals surface area contributed by atoms with E-state index in [-0.39, 0.29) is 25.2 Å². The Morgan fingerprint density at radius 1 is 1.38 bits per heavy atom. The number of hydrogen-bond donors (Lipinski definition) is 1. The molecule has 1 aromatic carbocycles. The minimum Gasteiger partial charge on any atom is -0.465 e. The van der Waals surface area contributed by atoms with Crippen LogP contribution < -0.4 is 5.32 Å². The Hall–Kier alpha value is -2.61. The number of likely N-dealkylation sites (tertiary alicyclic amines) is 1. The molecule has 8 nitrogen and oxygen atoms in total. The van der Waals surface area contributed by atoms with Gasteiger partial charge in [-0.25, -0.2) is 4.79 Å². The smallest absolute Gasteiger partial charge is 0.325 e. The first-order chi connectivity index (χ1) is 12.6. The van der Waals surface area contributed by atoms with E-state index in [9.17, 15) is 9.59 Å². The molecule has 1 saturated heterocycles. The highest BCUT2D eigenvalue weighted by atomic mass is 35.5. The number of urea groups is 1. The van der Waals surface area contributed by atoms with Gasteiger partial charge in [-0.2, -0.15) is 4.98 Å². The predicted octanol–water partition coefficient (Wildman–Crippen LogP) is 2.80. The van der Waals surface area contributed by atoms with Gasteiger partial charge in [-0.1, -0.05) is 16.8 Å². The number of aromatic nitrogens is 2. The number of esters is 1. The van der Waals surface area contributed by atoms with E-state index in [1.807, 2.05) is 0 Å². The fourth-order valence-electron chi connectivity index (χ4n) is 2.81. The first-order valence-electron chi connectivity index (χ1n) is 8.38. The summed E-state index contributed by atoms with van der Waals surface area (Å²) in [6.45, 7) is 2.37. The Morgan fingerprint density at radius 2 is 2.15 bits per heavy atom. The topological polar surface area (TPSA) is 97.6 Å². The van der Waals surface area contributed by atoms with Crippen LogP contribution in [0.25, 0.3) is 11.4 Å². The van der Waals surface area contributed by atoms with Crippen LogP contribution >= 0.6 is 11.6 Å². The van der Waals surface area contributed by atoms with Crippen LogP contribution in [0.15, 0.2) is 28.8 Å². The molecule has 3 rings (SSSR count). The number of carbonyl (C=O) groups is 2. The number of amides is 2. The van der Waals surface area contributed by atoms with Crippen molar-refractivity contribution in [3.05, 3.63) is 35.2 Å². The summed E-state index contributed by atoms with van der Waals surface area (Å²) < 4.78 is 10.2. The molecule has 2 amide bonds. The summed E-state index contributed by atoms with van der Waals surface area (Å²) in [7, 11) is 0. The van der Waals surface area contributed by atoms with Crippen molar-refractivity contribution < 1.29 is 18.8 Å². The average Bonchev–Trinajstić information content (AvgIpc) is 3.29. The molecule has 2 aromatic rings. The third-order valence-electron chi connectivity index (χ3n) is 4.03. The number of halogens is 1. The molecule has 9 heteroatoms. The molecule has 0 saturated carbocycles. The van der Waals surface area contributed by atoms with Crippen molar-refractivity contribution in [3.8, 4) is 11.4 Å². The van der Waals surface area contributed by atoms with Gasteiger partial charge in [0.1, 0.15) is 12.6 Å². The monoisotopic (exact) mass is 378 g/mol. The van der Waals surface area contributed by atoms with Gasteiger partial charge < -0.3 is 19.5 Å². The van der Waals surface area contributed by atoms with Crippen molar-refractivity contribution in [1.29, 1.82) is 0 Å². The van der Waals surface area contributed by atoms with E-state index in [2.05, 4.69) is 15.5 Å². The van der Waals surface area contributed by atoms with Crippen LogP contribution in [0.3, 0.4) is 0 Å². The van der Waals surface area contributed by atoms with E-state index in [0.29, 0.717) is 23.3 Å². The summed E-state index contributed by atoms with van der Waals surface area (Å²) >= 11 is 5.89. The molecule has 2 heterocycles. The highest BCUT2D eigenvalue weighted by Crippen LogP contribution is 2.32. The summed E-state index contributed by atoms with van der Waals surface area (Å²) in [4.78, 5) is 29.8. The summed E-state index contributed by atoms with van der Waals surface area (Å²) in [6.07, 6.45) is 1.53. The minimum atomic E-state index is -0.473. The zero-order chi connectivity index (χ0) is 18.5. The van der Waals surface area contributed by atoms with Gasteiger partial charge >= 0.3 is 12.0 Å². The predicted molar refractivity (Wildman–Crippen MR) is 93.5 cm³/mol. The highest BCUT2D eigenvalue weighted by Gasteiger charge is 2.34.